The molecule has 4 heterocycles. The molecule has 0 radical (unpaired) electrons. The van der Waals surface area contributed by atoms with E-state index in [1.807, 2.05) is 25.1 Å². The van der Waals surface area contributed by atoms with Gasteiger partial charge in [-0.05, 0) is 32.0 Å². The van der Waals surface area contributed by atoms with Crippen LogP contribution in [0.5, 0.6) is 0 Å². The number of hydrogen-bond donors (Lipinski definition) is 0. The minimum atomic E-state index is -0.116. The molecule has 3 aromatic rings. The molecule has 122 valence electrons. The number of pyridine rings is 1. The van der Waals surface area contributed by atoms with Crippen LogP contribution in [0.15, 0.2) is 41.3 Å². The first kappa shape index (κ1) is 14.9. The van der Waals surface area contributed by atoms with E-state index in [9.17, 15) is 0 Å². The summed E-state index contributed by atoms with van der Waals surface area (Å²) in [6.45, 7) is 6.66. The molecule has 0 atom stereocenters. The van der Waals surface area contributed by atoms with E-state index in [0.29, 0.717) is 11.8 Å². The largest absolute Gasteiger partial charge is 0.420 e. The molecule has 0 aromatic carbocycles. The zero-order valence-corrected chi connectivity index (χ0v) is 13.7. The molecule has 0 unspecified atom stereocenters. The van der Waals surface area contributed by atoms with E-state index in [4.69, 9.17) is 4.42 Å². The molecule has 1 saturated heterocycles. The first-order valence-electron chi connectivity index (χ1n) is 7.87. The molecule has 0 spiro atoms. The third-order valence-corrected chi connectivity index (χ3v) is 4.24. The average molecular weight is 322 g/mol. The van der Waals surface area contributed by atoms with Gasteiger partial charge in [0.1, 0.15) is 6.33 Å². The Balaban J connectivity index is 1.44. The third kappa shape index (κ3) is 2.78. The Labute approximate surface area is 139 Å². The van der Waals surface area contributed by atoms with Crippen molar-refractivity contribution in [2.75, 3.05) is 13.1 Å². The smallest absolute Gasteiger partial charge is 0.249 e. The fraction of sp³-hybridized carbons (Fsp3) is 0.353. The number of aryl methyl sites for hydroxylation is 1. The molecule has 7 heteroatoms. The van der Waals surface area contributed by atoms with Crippen molar-refractivity contribution in [2.45, 2.75) is 25.8 Å². The summed E-state index contributed by atoms with van der Waals surface area (Å²) < 4.78 is 5.88. The van der Waals surface area contributed by atoms with Gasteiger partial charge in [-0.25, -0.2) is 9.97 Å². The molecule has 7 nitrogen and oxygen atoms in total. The molecular formula is C17H18N6O. The fourth-order valence-corrected chi connectivity index (χ4v) is 3.09. The van der Waals surface area contributed by atoms with Gasteiger partial charge in [-0.1, -0.05) is 0 Å². The lowest BCUT2D eigenvalue weighted by Gasteiger charge is -2.45. The second kappa shape index (κ2) is 5.76. The van der Waals surface area contributed by atoms with Gasteiger partial charge in [-0.2, -0.15) is 0 Å². The highest BCUT2D eigenvalue weighted by atomic mass is 16.4. The van der Waals surface area contributed by atoms with Gasteiger partial charge < -0.3 is 4.42 Å². The van der Waals surface area contributed by atoms with Crippen LogP contribution >= 0.6 is 0 Å². The second-order valence-electron chi connectivity index (χ2n) is 6.51. The van der Waals surface area contributed by atoms with Gasteiger partial charge >= 0.3 is 0 Å². The van der Waals surface area contributed by atoms with Gasteiger partial charge in [0.25, 0.3) is 0 Å². The van der Waals surface area contributed by atoms with E-state index in [1.54, 1.807) is 18.7 Å². The van der Waals surface area contributed by atoms with Crippen molar-refractivity contribution in [3.8, 4) is 11.5 Å². The van der Waals surface area contributed by atoms with Crippen LogP contribution in [0, 0.1) is 6.92 Å². The molecule has 0 aliphatic carbocycles. The summed E-state index contributed by atoms with van der Waals surface area (Å²) in [4.78, 5) is 14.8. The van der Waals surface area contributed by atoms with Crippen molar-refractivity contribution in [3.05, 3.63) is 54.2 Å². The van der Waals surface area contributed by atoms with Crippen LogP contribution in [0.4, 0.5) is 0 Å². The third-order valence-electron chi connectivity index (χ3n) is 4.24. The monoisotopic (exact) mass is 322 g/mol. The summed E-state index contributed by atoms with van der Waals surface area (Å²) in [6, 6.07) is 5.79. The Bertz CT molecular complexity index is 841. The number of nitrogens with zero attached hydrogens (tertiary/aromatic N) is 6. The highest BCUT2D eigenvalue weighted by Gasteiger charge is 2.44. The topological polar surface area (TPSA) is 80.8 Å². The first-order chi connectivity index (χ1) is 11.6. The Morgan fingerprint density at radius 2 is 2.12 bits per heavy atom. The Morgan fingerprint density at radius 3 is 2.88 bits per heavy atom. The van der Waals surface area contributed by atoms with E-state index in [-0.39, 0.29) is 5.41 Å². The quantitative estimate of drug-likeness (QED) is 0.726. The van der Waals surface area contributed by atoms with Gasteiger partial charge in [-0.3, -0.25) is 9.88 Å². The Kier molecular flexibility index (Phi) is 3.57. The predicted octanol–water partition coefficient (Wildman–Crippen LogP) is 2.00. The normalized spacial score (nSPS) is 16.8. The van der Waals surface area contributed by atoms with Crippen molar-refractivity contribution in [3.63, 3.8) is 0 Å². The van der Waals surface area contributed by atoms with E-state index in [2.05, 4.69) is 37.0 Å². The molecule has 0 amide bonds. The Hall–Kier alpha value is -2.67. The zero-order valence-electron chi connectivity index (χ0n) is 13.7. The van der Waals surface area contributed by atoms with Crippen molar-refractivity contribution in [2.24, 2.45) is 0 Å². The van der Waals surface area contributed by atoms with E-state index in [1.165, 1.54) is 0 Å². The van der Waals surface area contributed by atoms with Crippen LogP contribution < -0.4 is 0 Å². The van der Waals surface area contributed by atoms with Crippen molar-refractivity contribution in [1.82, 2.24) is 30.0 Å². The molecular weight excluding hydrogens is 304 g/mol. The summed E-state index contributed by atoms with van der Waals surface area (Å²) in [7, 11) is 0. The summed E-state index contributed by atoms with van der Waals surface area (Å²) in [5.41, 5.74) is 2.75. The van der Waals surface area contributed by atoms with Crippen molar-refractivity contribution in [1.29, 1.82) is 0 Å². The molecule has 0 bridgehead atoms. The molecule has 24 heavy (non-hydrogen) atoms. The summed E-state index contributed by atoms with van der Waals surface area (Å²) >= 11 is 0. The molecule has 4 rings (SSSR count). The Morgan fingerprint density at radius 1 is 1.25 bits per heavy atom. The maximum atomic E-state index is 5.88. The van der Waals surface area contributed by atoms with E-state index in [0.717, 1.165) is 36.6 Å². The molecule has 0 saturated carbocycles. The summed E-state index contributed by atoms with van der Waals surface area (Å²) in [5, 5.41) is 8.40. The van der Waals surface area contributed by atoms with Crippen LogP contribution in [0.1, 0.15) is 24.2 Å². The number of likely N-dealkylation sites (tertiary alicyclic amines) is 1. The van der Waals surface area contributed by atoms with Gasteiger partial charge in [0.05, 0.1) is 16.7 Å². The van der Waals surface area contributed by atoms with Crippen LogP contribution in [-0.4, -0.2) is 43.1 Å². The van der Waals surface area contributed by atoms with Crippen molar-refractivity contribution >= 4 is 0 Å². The lowest BCUT2D eigenvalue weighted by molar-refractivity contribution is 0.0501. The average Bonchev–Trinajstić information content (AvgIpc) is 3.05. The minimum absolute atomic E-state index is 0.116. The van der Waals surface area contributed by atoms with Gasteiger partial charge in [0.2, 0.25) is 11.8 Å². The highest BCUT2D eigenvalue weighted by Crippen LogP contribution is 2.35. The standard InChI is InChI=1S/C17H18N6O/c1-12-6-14(20-11-19-12)8-23-9-17(2,10-23)16-22-21-15(24-16)13-4-3-5-18-7-13/h3-7,11H,8-10H2,1-2H3. The van der Waals surface area contributed by atoms with Gasteiger partial charge in [0.15, 0.2) is 0 Å². The summed E-state index contributed by atoms with van der Waals surface area (Å²) in [5.74, 6) is 1.20. The van der Waals surface area contributed by atoms with Crippen LogP contribution in [0.25, 0.3) is 11.5 Å². The molecule has 1 fully saturated rings. The maximum Gasteiger partial charge on any atom is 0.249 e. The van der Waals surface area contributed by atoms with Crippen LogP contribution in [0.2, 0.25) is 0 Å². The highest BCUT2D eigenvalue weighted by molar-refractivity contribution is 5.50. The first-order valence-corrected chi connectivity index (χ1v) is 7.87. The number of rotatable bonds is 4. The fourth-order valence-electron chi connectivity index (χ4n) is 3.09. The molecule has 1 aliphatic rings. The van der Waals surface area contributed by atoms with E-state index < -0.39 is 0 Å². The van der Waals surface area contributed by atoms with Crippen LogP contribution in [0.3, 0.4) is 0 Å². The van der Waals surface area contributed by atoms with E-state index >= 15 is 0 Å². The minimum Gasteiger partial charge on any atom is -0.420 e. The lowest BCUT2D eigenvalue weighted by Crippen LogP contribution is -2.57. The second-order valence-corrected chi connectivity index (χ2v) is 6.51. The van der Waals surface area contributed by atoms with Crippen LogP contribution in [-0.2, 0) is 12.0 Å². The van der Waals surface area contributed by atoms with Crippen molar-refractivity contribution < 1.29 is 4.42 Å². The predicted molar refractivity (Wildman–Crippen MR) is 86.9 cm³/mol. The maximum absolute atomic E-state index is 5.88. The van der Waals surface area contributed by atoms with Gasteiger partial charge in [0, 0.05) is 37.7 Å². The molecule has 1 aliphatic heterocycles. The molecule has 3 aromatic heterocycles. The SMILES string of the molecule is Cc1cc(CN2CC(C)(c3nnc(-c4cccnc4)o3)C2)ncn1. The van der Waals surface area contributed by atoms with Gasteiger partial charge in [-0.15, -0.1) is 10.2 Å². The summed E-state index contributed by atoms with van der Waals surface area (Å²) in [6.07, 6.45) is 5.06. The number of hydrogen-bond acceptors (Lipinski definition) is 7. The zero-order chi connectivity index (χ0) is 16.6. The molecule has 0 N–H and O–H groups in total. The lowest BCUT2D eigenvalue weighted by atomic mass is 9.81. The number of aromatic nitrogens is 5.